The number of halogens is 1. The maximum atomic E-state index is 5.93. The van der Waals surface area contributed by atoms with Gasteiger partial charge in [-0.15, -0.1) is 0 Å². The van der Waals surface area contributed by atoms with Crippen molar-refractivity contribution in [3.63, 3.8) is 0 Å². The second kappa shape index (κ2) is 3.77. The van der Waals surface area contributed by atoms with Crippen LogP contribution in [0.15, 0.2) is 16.7 Å². The summed E-state index contributed by atoms with van der Waals surface area (Å²) in [6.07, 6.45) is 4.34. The second-order valence-electron chi connectivity index (χ2n) is 3.58. The molecule has 0 bridgehead atoms. The molecule has 0 unspecified atom stereocenters. The number of pyridine rings is 1. The van der Waals surface area contributed by atoms with Gasteiger partial charge in [0, 0.05) is 23.3 Å². The topological polar surface area (TPSA) is 42.2 Å². The molecule has 76 valence electrons. The van der Waals surface area contributed by atoms with Crippen molar-refractivity contribution in [3.05, 3.63) is 16.7 Å². The van der Waals surface area contributed by atoms with Crippen LogP contribution in [0, 0.1) is 0 Å². The van der Waals surface area contributed by atoms with Crippen LogP contribution in [0.3, 0.4) is 0 Å². The lowest BCUT2D eigenvalue weighted by Gasteiger charge is -2.22. The average Bonchev–Trinajstić information content (AvgIpc) is 2.93. The number of rotatable bonds is 3. The molecule has 1 heterocycles. The van der Waals surface area contributed by atoms with Gasteiger partial charge in [-0.05, 0) is 41.8 Å². The first-order valence-corrected chi connectivity index (χ1v) is 5.69. The van der Waals surface area contributed by atoms with Crippen molar-refractivity contribution in [1.29, 1.82) is 0 Å². The standard InChI is InChI=1S/C10H14BrN3/c1-2-14(8-3-4-8)10-9(12)5-7(11)6-13-10/h5-6,8H,2-4,12H2,1H3. The highest BCUT2D eigenvalue weighted by atomic mass is 79.9. The van der Waals surface area contributed by atoms with Crippen molar-refractivity contribution in [3.8, 4) is 0 Å². The molecule has 0 saturated heterocycles. The summed E-state index contributed by atoms with van der Waals surface area (Å²) in [5.41, 5.74) is 6.69. The third kappa shape index (κ3) is 1.85. The molecule has 0 aliphatic heterocycles. The maximum absolute atomic E-state index is 5.93. The predicted octanol–water partition coefficient (Wildman–Crippen LogP) is 2.42. The highest BCUT2D eigenvalue weighted by Gasteiger charge is 2.29. The Morgan fingerprint density at radius 1 is 1.64 bits per heavy atom. The Hall–Kier alpha value is -0.770. The summed E-state index contributed by atoms with van der Waals surface area (Å²) >= 11 is 3.36. The normalized spacial score (nSPS) is 15.6. The molecule has 1 aromatic heterocycles. The van der Waals surface area contributed by atoms with Crippen LogP contribution < -0.4 is 10.6 Å². The van der Waals surface area contributed by atoms with Crippen molar-refractivity contribution in [2.24, 2.45) is 0 Å². The van der Waals surface area contributed by atoms with Crippen molar-refractivity contribution >= 4 is 27.4 Å². The number of nitrogens with two attached hydrogens (primary N) is 1. The molecular formula is C10H14BrN3. The smallest absolute Gasteiger partial charge is 0.152 e. The summed E-state index contributed by atoms with van der Waals surface area (Å²) in [6.45, 7) is 3.12. The molecule has 1 fully saturated rings. The minimum atomic E-state index is 0.663. The van der Waals surface area contributed by atoms with E-state index < -0.39 is 0 Å². The fourth-order valence-electron chi connectivity index (χ4n) is 1.65. The molecule has 0 atom stereocenters. The SMILES string of the molecule is CCN(c1ncc(Br)cc1N)C1CC1. The van der Waals surface area contributed by atoms with Gasteiger partial charge in [-0.3, -0.25) is 0 Å². The van der Waals surface area contributed by atoms with Crippen molar-refractivity contribution < 1.29 is 0 Å². The fraction of sp³-hybridized carbons (Fsp3) is 0.500. The van der Waals surface area contributed by atoms with Gasteiger partial charge in [0.2, 0.25) is 0 Å². The Balaban J connectivity index is 2.29. The highest BCUT2D eigenvalue weighted by Crippen LogP contribution is 2.33. The molecule has 3 nitrogen and oxygen atoms in total. The Labute approximate surface area is 92.4 Å². The van der Waals surface area contributed by atoms with E-state index in [9.17, 15) is 0 Å². The lowest BCUT2D eigenvalue weighted by atomic mass is 10.3. The van der Waals surface area contributed by atoms with Gasteiger partial charge in [-0.1, -0.05) is 0 Å². The van der Waals surface area contributed by atoms with Gasteiger partial charge in [0.05, 0.1) is 5.69 Å². The molecule has 1 saturated carbocycles. The molecule has 0 radical (unpaired) electrons. The zero-order chi connectivity index (χ0) is 10.1. The first-order valence-electron chi connectivity index (χ1n) is 4.90. The van der Waals surface area contributed by atoms with Crippen LogP contribution >= 0.6 is 15.9 Å². The molecule has 0 amide bonds. The molecule has 4 heteroatoms. The maximum Gasteiger partial charge on any atom is 0.152 e. The van der Waals surface area contributed by atoms with Gasteiger partial charge in [-0.25, -0.2) is 4.98 Å². The first-order chi connectivity index (χ1) is 6.72. The minimum absolute atomic E-state index is 0.663. The summed E-state index contributed by atoms with van der Waals surface area (Å²) in [4.78, 5) is 6.64. The van der Waals surface area contributed by atoms with E-state index in [-0.39, 0.29) is 0 Å². The van der Waals surface area contributed by atoms with Crippen molar-refractivity contribution in [2.75, 3.05) is 17.2 Å². The number of aromatic nitrogens is 1. The van der Waals surface area contributed by atoms with Crippen LogP contribution in [0.4, 0.5) is 11.5 Å². The Kier molecular flexibility index (Phi) is 2.63. The number of hydrogen-bond donors (Lipinski definition) is 1. The van der Waals surface area contributed by atoms with Crippen LogP contribution in [-0.2, 0) is 0 Å². The monoisotopic (exact) mass is 255 g/mol. The van der Waals surface area contributed by atoms with Gasteiger partial charge in [0.25, 0.3) is 0 Å². The molecule has 0 spiro atoms. The van der Waals surface area contributed by atoms with Gasteiger partial charge in [0.1, 0.15) is 0 Å². The third-order valence-corrected chi connectivity index (χ3v) is 2.90. The van der Waals surface area contributed by atoms with E-state index in [0.29, 0.717) is 6.04 Å². The van der Waals surface area contributed by atoms with Crippen molar-refractivity contribution in [2.45, 2.75) is 25.8 Å². The molecule has 14 heavy (non-hydrogen) atoms. The third-order valence-electron chi connectivity index (χ3n) is 2.46. The molecular weight excluding hydrogens is 242 g/mol. The second-order valence-corrected chi connectivity index (χ2v) is 4.50. The van der Waals surface area contributed by atoms with E-state index in [2.05, 4.69) is 32.7 Å². The Bertz CT molecular complexity index is 336. The largest absolute Gasteiger partial charge is 0.396 e. The van der Waals surface area contributed by atoms with E-state index in [4.69, 9.17) is 5.73 Å². The molecule has 1 aromatic rings. The number of nitrogens with zero attached hydrogens (tertiary/aromatic N) is 2. The zero-order valence-corrected chi connectivity index (χ0v) is 9.79. The molecule has 0 aromatic carbocycles. The van der Waals surface area contributed by atoms with Crippen LogP contribution in [-0.4, -0.2) is 17.6 Å². The lowest BCUT2D eigenvalue weighted by molar-refractivity contribution is 0.810. The van der Waals surface area contributed by atoms with Crippen LogP contribution in [0.1, 0.15) is 19.8 Å². The first kappa shape index (κ1) is 9.77. The average molecular weight is 256 g/mol. The lowest BCUT2D eigenvalue weighted by Crippen LogP contribution is -2.26. The summed E-state index contributed by atoms with van der Waals surface area (Å²) in [5, 5.41) is 0. The molecule has 1 aliphatic carbocycles. The van der Waals surface area contributed by atoms with Gasteiger partial charge >= 0.3 is 0 Å². The summed E-state index contributed by atoms with van der Waals surface area (Å²) in [6, 6.07) is 2.57. The number of anilines is 2. The Morgan fingerprint density at radius 2 is 2.36 bits per heavy atom. The van der Waals surface area contributed by atoms with E-state index in [0.717, 1.165) is 22.5 Å². The van der Waals surface area contributed by atoms with Crippen LogP contribution in [0.2, 0.25) is 0 Å². The number of hydrogen-bond acceptors (Lipinski definition) is 3. The van der Waals surface area contributed by atoms with Crippen molar-refractivity contribution in [1.82, 2.24) is 4.98 Å². The summed E-state index contributed by atoms with van der Waals surface area (Å²) in [7, 11) is 0. The molecule has 2 N–H and O–H groups in total. The summed E-state index contributed by atoms with van der Waals surface area (Å²) < 4.78 is 0.936. The van der Waals surface area contributed by atoms with E-state index in [1.807, 2.05) is 6.07 Å². The van der Waals surface area contributed by atoms with Gasteiger partial charge < -0.3 is 10.6 Å². The van der Waals surface area contributed by atoms with Gasteiger partial charge in [-0.2, -0.15) is 0 Å². The highest BCUT2D eigenvalue weighted by molar-refractivity contribution is 9.10. The minimum Gasteiger partial charge on any atom is -0.396 e. The van der Waals surface area contributed by atoms with Gasteiger partial charge in [0.15, 0.2) is 5.82 Å². The van der Waals surface area contributed by atoms with E-state index in [1.165, 1.54) is 12.8 Å². The zero-order valence-electron chi connectivity index (χ0n) is 8.20. The summed E-state index contributed by atoms with van der Waals surface area (Å²) in [5.74, 6) is 0.929. The Morgan fingerprint density at radius 3 is 2.86 bits per heavy atom. The molecule has 1 aliphatic rings. The predicted molar refractivity (Wildman–Crippen MR) is 62.4 cm³/mol. The van der Waals surface area contributed by atoms with E-state index >= 15 is 0 Å². The number of nitrogen functional groups attached to an aromatic ring is 1. The van der Waals surface area contributed by atoms with Crippen LogP contribution in [0.5, 0.6) is 0 Å². The van der Waals surface area contributed by atoms with E-state index in [1.54, 1.807) is 6.20 Å². The quantitative estimate of drug-likeness (QED) is 0.903. The van der Waals surface area contributed by atoms with Crippen LogP contribution in [0.25, 0.3) is 0 Å². The fourth-order valence-corrected chi connectivity index (χ4v) is 2.00. The molecule has 2 rings (SSSR count).